The number of anilines is 1. The average molecular weight is 341 g/mol. The third-order valence-corrected chi connectivity index (χ3v) is 4.21. The van der Waals surface area contributed by atoms with Crippen molar-refractivity contribution in [2.24, 2.45) is 5.92 Å². The fourth-order valence-electron chi connectivity index (χ4n) is 1.87. The Morgan fingerprint density at radius 2 is 2.20 bits per heavy atom. The van der Waals surface area contributed by atoms with E-state index in [0.717, 1.165) is 15.9 Å². The van der Waals surface area contributed by atoms with E-state index in [2.05, 4.69) is 31.5 Å². The van der Waals surface area contributed by atoms with Crippen LogP contribution in [0.4, 0.5) is 5.82 Å². The number of hydrogen-bond donors (Lipinski definition) is 1. The summed E-state index contributed by atoms with van der Waals surface area (Å²) in [6, 6.07) is 1.69. The van der Waals surface area contributed by atoms with Crippen molar-refractivity contribution >= 4 is 27.7 Å². The van der Waals surface area contributed by atoms with Crippen LogP contribution in [0.15, 0.2) is 15.1 Å². The highest BCUT2D eigenvalue weighted by molar-refractivity contribution is 9.10. The fourth-order valence-corrected chi connectivity index (χ4v) is 2.15. The molecule has 108 valence electrons. The lowest BCUT2D eigenvalue weighted by atomic mass is 10.1. The van der Waals surface area contributed by atoms with Crippen molar-refractivity contribution in [1.29, 1.82) is 0 Å². The Balaban J connectivity index is 2.02. The summed E-state index contributed by atoms with van der Waals surface area (Å²) >= 11 is 3.48. The van der Waals surface area contributed by atoms with Gasteiger partial charge in [0.15, 0.2) is 5.82 Å². The van der Waals surface area contributed by atoms with Crippen molar-refractivity contribution < 1.29 is 9.32 Å². The highest BCUT2D eigenvalue weighted by Crippen LogP contribution is 2.20. The average Bonchev–Trinajstić information content (AvgIpc) is 2.89. The van der Waals surface area contributed by atoms with Gasteiger partial charge in [0.1, 0.15) is 5.76 Å². The SMILES string of the molecule is Cc1cc(NC(=O)[C@H](C)Cn2nc(C)c(Br)c2C)no1. The van der Waals surface area contributed by atoms with Gasteiger partial charge in [-0.2, -0.15) is 5.10 Å². The summed E-state index contributed by atoms with van der Waals surface area (Å²) in [4.78, 5) is 12.1. The van der Waals surface area contributed by atoms with Gasteiger partial charge in [-0.3, -0.25) is 9.48 Å². The molecule has 0 unspecified atom stereocenters. The van der Waals surface area contributed by atoms with Crippen molar-refractivity contribution in [3.05, 3.63) is 27.7 Å². The lowest BCUT2D eigenvalue weighted by Crippen LogP contribution is -2.25. The third-order valence-electron chi connectivity index (χ3n) is 3.07. The minimum atomic E-state index is -0.225. The molecule has 2 rings (SSSR count). The normalized spacial score (nSPS) is 12.4. The van der Waals surface area contributed by atoms with Crippen molar-refractivity contribution in [2.45, 2.75) is 34.2 Å². The molecule has 6 nitrogen and oxygen atoms in total. The van der Waals surface area contributed by atoms with Gasteiger partial charge in [-0.15, -0.1) is 0 Å². The number of nitrogens with one attached hydrogen (secondary N) is 1. The van der Waals surface area contributed by atoms with Crippen LogP contribution in [0.2, 0.25) is 0 Å². The van der Waals surface area contributed by atoms with Crippen LogP contribution in [0.25, 0.3) is 0 Å². The molecule has 1 N–H and O–H groups in total. The van der Waals surface area contributed by atoms with E-state index in [-0.39, 0.29) is 11.8 Å². The monoisotopic (exact) mass is 340 g/mol. The van der Waals surface area contributed by atoms with E-state index >= 15 is 0 Å². The van der Waals surface area contributed by atoms with E-state index in [9.17, 15) is 4.79 Å². The lowest BCUT2D eigenvalue weighted by molar-refractivity contribution is -0.119. The van der Waals surface area contributed by atoms with Gasteiger partial charge in [0.25, 0.3) is 0 Å². The van der Waals surface area contributed by atoms with E-state index in [0.29, 0.717) is 18.1 Å². The topological polar surface area (TPSA) is 73.0 Å². The van der Waals surface area contributed by atoms with Crippen LogP contribution in [0.3, 0.4) is 0 Å². The zero-order valence-electron chi connectivity index (χ0n) is 11.9. The standard InChI is InChI=1S/C13H17BrN4O2/c1-7(6-18-10(4)12(14)9(3)16-18)13(19)15-11-5-8(2)20-17-11/h5,7H,6H2,1-4H3,(H,15,17,19)/t7-/m1/s1. The predicted octanol–water partition coefficient (Wildman–Crippen LogP) is 2.83. The summed E-state index contributed by atoms with van der Waals surface area (Å²) in [7, 11) is 0. The molecule has 0 aliphatic heterocycles. The first kappa shape index (κ1) is 14.8. The molecule has 2 heterocycles. The molecule has 1 amide bonds. The number of amides is 1. The minimum Gasteiger partial charge on any atom is -0.360 e. The number of hydrogen-bond acceptors (Lipinski definition) is 4. The van der Waals surface area contributed by atoms with Crippen LogP contribution in [0.5, 0.6) is 0 Å². The van der Waals surface area contributed by atoms with Crippen LogP contribution in [0.1, 0.15) is 24.1 Å². The highest BCUT2D eigenvalue weighted by Gasteiger charge is 2.18. The van der Waals surface area contributed by atoms with Gasteiger partial charge < -0.3 is 9.84 Å². The predicted molar refractivity (Wildman–Crippen MR) is 78.4 cm³/mol. The smallest absolute Gasteiger partial charge is 0.230 e. The van der Waals surface area contributed by atoms with Gasteiger partial charge in [-0.05, 0) is 36.7 Å². The zero-order valence-corrected chi connectivity index (χ0v) is 13.5. The van der Waals surface area contributed by atoms with Crippen molar-refractivity contribution in [2.75, 3.05) is 5.32 Å². The van der Waals surface area contributed by atoms with Gasteiger partial charge >= 0.3 is 0 Å². The van der Waals surface area contributed by atoms with E-state index in [1.807, 2.05) is 25.5 Å². The number of carbonyl (C=O) groups excluding carboxylic acids is 1. The summed E-state index contributed by atoms with van der Waals surface area (Å²) in [5, 5.41) is 10.9. The summed E-state index contributed by atoms with van der Waals surface area (Å²) < 4.78 is 7.73. The van der Waals surface area contributed by atoms with Crippen LogP contribution in [-0.2, 0) is 11.3 Å². The Morgan fingerprint density at radius 3 is 2.70 bits per heavy atom. The first-order valence-corrected chi connectivity index (χ1v) is 7.11. The molecule has 7 heteroatoms. The molecule has 0 bridgehead atoms. The maximum absolute atomic E-state index is 12.1. The second-order valence-corrected chi connectivity index (χ2v) is 5.67. The Bertz CT molecular complexity index is 632. The minimum absolute atomic E-state index is 0.109. The second-order valence-electron chi connectivity index (χ2n) is 4.88. The molecule has 2 aromatic heterocycles. The molecule has 20 heavy (non-hydrogen) atoms. The Kier molecular flexibility index (Phi) is 4.27. The van der Waals surface area contributed by atoms with Crippen LogP contribution in [0, 0.1) is 26.7 Å². The first-order chi connectivity index (χ1) is 9.38. The summed E-state index contributed by atoms with van der Waals surface area (Å²) in [6.45, 7) is 8.04. The quantitative estimate of drug-likeness (QED) is 0.928. The number of aromatic nitrogens is 3. The Hall–Kier alpha value is -1.63. The van der Waals surface area contributed by atoms with Gasteiger partial charge in [-0.1, -0.05) is 12.1 Å². The molecule has 0 aromatic carbocycles. The van der Waals surface area contributed by atoms with Crippen molar-refractivity contribution in [3.63, 3.8) is 0 Å². The van der Waals surface area contributed by atoms with Crippen molar-refractivity contribution in [3.8, 4) is 0 Å². The first-order valence-electron chi connectivity index (χ1n) is 6.32. The summed E-state index contributed by atoms with van der Waals surface area (Å²) in [5.41, 5.74) is 1.93. The van der Waals surface area contributed by atoms with Crippen LogP contribution in [-0.4, -0.2) is 20.8 Å². The molecule has 2 aromatic rings. The molecular formula is C13H17BrN4O2. The molecule has 0 aliphatic rings. The number of aryl methyl sites for hydroxylation is 2. The summed E-state index contributed by atoms with van der Waals surface area (Å²) in [6.07, 6.45) is 0. The van der Waals surface area contributed by atoms with Gasteiger partial charge in [0.05, 0.1) is 22.6 Å². The molecule has 0 aliphatic carbocycles. The second kappa shape index (κ2) is 5.78. The molecule has 0 saturated heterocycles. The molecule has 1 atom stereocenters. The molecule has 0 saturated carbocycles. The highest BCUT2D eigenvalue weighted by atomic mass is 79.9. The van der Waals surface area contributed by atoms with Crippen LogP contribution < -0.4 is 5.32 Å². The molecule has 0 spiro atoms. The van der Waals surface area contributed by atoms with Crippen LogP contribution >= 0.6 is 15.9 Å². The van der Waals surface area contributed by atoms with E-state index in [1.54, 1.807) is 13.0 Å². The Morgan fingerprint density at radius 1 is 1.50 bits per heavy atom. The van der Waals surface area contributed by atoms with Gasteiger partial charge in [-0.25, -0.2) is 0 Å². The number of rotatable bonds is 4. The number of nitrogens with zero attached hydrogens (tertiary/aromatic N) is 3. The number of halogens is 1. The van der Waals surface area contributed by atoms with Gasteiger partial charge in [0, 0.05) is 11.8 Å². The largest absolute Gasteiger partial charge is 0.360 e. The number of carbonyl (C=O) groups is 1. The lowest BCUT2D eigenvalue weighted by Gasteiger charge is -2.12. The zero-order chi connectivity index (χ0) is 14.9. The summed E-state index contributed by atoms with van der Waals surface area (Å²) in [5.74, 6) is 0.767. The maximum Gasteiger partial charge on any atom is 0.230 e. The van der Waals surface area contributed by atoms with Gasteiger partial charge in [0.2, 0.25) is 5.91 Å². The molecule has 0 fully saturated rings. The molecule has 0 radical (unpaired) electrons. The van der Waals surface area contributed by atoms with E-state index < -0.39 is 0 Å². The fraction of sp³-hybridized carbons (Fsp3) is 0.462. The molecular weight excluding hydrogens is 324 g/mol. The van der Waals surface area contributed by atoms with Crippen molar-refractivity contribution in [1.82, 2.24) is 14.9 Å². The Labute approximate surface area is 125 Å². The third kappa shape index (κ3) is 3.09. The van der Waals surface area contributed by atoms with E-state index in [1.165, 1.54) is 0 Å². The van der Waals surface area contributed by atoms with E-state index in [4.69, 9.17) is 4.52 Å². The maximum atomic E-state index is 12.1.